The van der Waals surface area contributed by atoms with Crippen LogP contribution < -0.4 is 0 Å². The van der Waals surface area contributed by atoms with Gasteiger partial charge in [-0.15, -0.1) is 0 Å². The molecule has 0 saturated heterocycles. The summed E-state index contributed by atoms with van der Waals surface area (Å²) in [6.45, 7) is 21.5. The molecule has 0 N–H and O–H groups in total. The highest BCUT2D eigenvalue weighted by molar-refractivity contribution is 6.87. The van der Waals surface area contributed by atoms with Gasteiger partial charge in [0.1, 0.15) is 6.61 Å². The van der Waals surface area contributed by atoms with Crippen LogP contribution in [0.3, 0.4) is 0 Å². The Morgan fingerprint density at radius 1 is 0.778 bits per heavy atom. The molecule has 0 unspecified atom stereocenters. The molecular weight excluding hydrogens is 396 g/mol. The third-order valence-electron chi connectivity index (χ3n) is 3.18. The molecule has 9 heteroatoms. The molecule has 0 rings (SSSR count). The van der Waals surface area contributed by atoms with E-state index in [4.69, 9.17) is 22.4 Å². The van der Waals surface area contributed by atoms with E-state index in [1.54, 1.807) is 0 Å². The minimum Gasteiger partial charge on any atom is -0.460 e. The molecule has 0 radical (unpaired) electrons. The number of hydrogen-bond acceptors (Lipinski definition) is 6. The standard InChI is InChI=1S/C18H40O6Si3/c1-9-18(19)22-16-15-21-13-10-12-20-14-11-17-27(8,23-25(2,3)4)24-26(5,6)7/h9H,1,10-17H2,2-8H3. The number of rotatable bonds is 16. The fraction of sp³-hybridized carbons (Fsp3) is 0.833. The molecule has 0 amide bonds. The zero-order valence-electron chi connectivity index (χ0n) is 18.4. The first-order chi connectivity index (χ1) is 12.4. The summed E-state index contributed by atoms with van der Waals surface area (Å²) in [7, 11) is -5.42. The van der Waals surface area contributed by atoms with Crippen molar-refractivity contribution in [3.63, 3.8) is 0 Å². The molecule has 0 aromatic heterocycles. The lowest BCUT2D eigenvalue weighted by Crippen LogP contribution is -2.52. The Hall–Kier alpha value is -0.299. The Morgan fingerprint density at radius 3 is 1.74 bits per heavy atom. The van der Waals surface area contributed by atoms with Crippen molar-refractivity contribution < 1.29 is 27.2 Å². The maximum atomic E-state index is 10.8. The summed E-state index contributed by atoms with van der Waals surface area (Å²) in [5.74, 6) is -0.423. The van der Waals surface area contributed by atoms with Crippen LogP contribution in [-0.2, 0) is 27.2 Å². The summed E-state index contributed by atoms with van der Waals surface area (Å²) in [4.78, 5) is 10.8. The molecule has 0 saturated carbocycles. The Bertz CT molecular complexity index is 416. The largest absolute Gasteiger partial charge is 0.460 e. The molecule has 0 aliphatic carbocycles. The second-order valence-electron chi connectivity index (χ2n) is 8.62. The fourth-order valence-corrected chi connectivity index (χ4v) is 15.1. The Morgan fingerprint density at radius 2 is 1.26 bits per heavy atom. The molecule has 0 fully saturated rings. The first-order valence-corrected chi connectivity index (χ1v) is 19.1. The van der Waals surface area contributed by atoms with Crippen LogP contribution in [0.5, 0.6) is 0 Å². The van der Waals surface area contributed by atoms with Crippen molar-refractivity contribution in [2.24, 2.45) is 0 Å². The molecular formula is C18H40O6Si3. The molecule has 27 heavy (non-hydrogen) atoms. The van der Waals surface area contributed by atoms with Crippen LogP contribution in [0, 0.1) is 0 Å². The van der Waals surface area contributed by atoms with Gasteiger partial charge in [-0.2, -0.15) is 0 Å². The summed E-state index contributed by atoms with van der Waals surface area (Å²) in [6, 6.07) is 0.965. The van der Waals surface area contributed by atoms with Crippen LogP contribution in [0.1, 0.15) is 12.8 Å². The van der Waals surface area contributed by atoms with Crippen LogP contribution in [0.4, 0.5) is 0 Å². The van der Waals surface area contributed by atoms with Gasteiger partial charge in [-0.25, -0.2) is 4.79 Å². The van der Waals surface area contributed by atoms with Crippen LogP contribution >= 0.6 is 0 Å². The second kappa shape index (κ2) is 13.0. The average Bonchev–Trinajstić information content (AvgIpc) is 2.48. The number of ether oxygens (including phenoxy) is 3. The van der Waals surface area contributed by atoms with E-state index in [1.165, 1.54) is 0 Å². The molecule has 0 heterocycles. The highest BCUT2D eigenvalue weighted by Gasteiger charge is 2.39. The minimum absolute atomic E-state index is 0.253. The lowest BCUT2D eigenvalue weighted by Gasteiger charge is -2.38. The predicted octanol–water partition coefficient (Wildman–Crippen LogP) is 4.30. The Labute approximate surface area is 169 Å². The van der Waals surface area contributed by atoms with Crippen molar-refractivity contribution in [2.75, 3.05) is 33.0 Å². The topological polar surface area (TPSA) is 63.2 Å². The lowest BCUT2D eigenvalue weighted by atomic mass is 10.5. The van der Waals surface area contributed by atoms with Crippen LogP contribution in [0.2, 0.25) is 51.9 Å². The summed E-state index contributed by atoms with van der Waals surface area (Å²) in [6.07, 6.45) is 2.92. The Kier molecular flexibility index (Phi) is 12.9. The first-order valence-electron chi connectivity index (χ1n) is 9.72. The number of hydrogen-bond donors (Lipinski definition) is 0. The molecule has 0 atom stereocenters. The van der Waals surface area contributed by atoms with Crippen LogP contribution in [0.25, 0.3) is 0 Å². The summed E-state index contributed by atoms with van der Waals surface area (Å²) < 4.78 is 28.9. The maximum absolute atomic E-state index is 10.8. The minimum atomic E-state index is -2.15. The molecule has 6 nitrogen and oxygen atoms in total. The predicted molar refractivity (Wildman–Crippen MR) is 117 cm³/mol. The van der Waals surface area contributed by atoms with E-state index in [-0.39, 0.29) is 6.61 Å². The molecule has 0 aromatic carbocycles. The van der Waals surface area contributed by atoms with Gasteiger partial charge < -0.3 is 22.4 Å². The van der Waals surface area contributed by atoms with Gasteiger partial charge in [0.2, 0.25) is 0 Å². The molecule has 0 bridgehead atoms. The third-order valence-corrected chi connectivity index (χ3v) is 12.8. The van der Waals surface area contributed by atoms with Crippen LogP contribution in [0.15, 0.2) is 12.7 Å². The van der Waals surface area contributed by atoms with Crippen molar-refractivity contribution in [1.29, 1.82) is 0 Å². The van der Waals surface area contributed by atoms with Gasteiger partial charge in [-0.1, -0.05) is 6.58 Å². The van der Waals surface area contributed by atoms with Gasteiger partial charge in [-0.05, 0) is 64.7 Å². The molecule has 0 aliphatic heterocycles. The van der Waals surface area contributed by atoms with E-state index >= 15 is 0 Å². The van der Waals surface area contributed by atoms with Gasteiger partial charge in [0.15, 0.2) is 16.6 Å². The van der Waals surface area contributed by atoms with E-state index in [9.17, 15) is 4.79 Å². The maximum Gasteiger partial charge on any atom is 0.330 e. The highest BCUT2D eigenvalue weighted by atomic mass is 28.5. The van der Waals surface area contributed by atoms with E-state index in [1.807, 2.05) is 0 Å². The number of carbonyl (C=O) groups is 1. The van der Waals surface area contributed by atoms with Crippen molar-refractivity contribution in [3.05, 3.63) is 12.7 Å². The van der Waals surface area contributed by atoms with Crippen molar-refractivity contribution in [2.45, 2.75) is 64.7 Å². The summed E-state index contributed by atoms with van der Waals surface area (Å²) in [5, 5.41) is 0. The van der Waals surface area contributed by atoms with Gasteiger partial charge >= 0.3 is 14.5 Å². The van der Waals surface area contributed by atoms with Gasteiger partial charge in [0.05, 0.1) is 6.61 Å². The van der Waals surface area contributed by atoms with Gasteiger partial charge in [0.25, 0.3) is 0 Å². The van der Waals surface area contributed by atoms with E-state index in [0.29, 0.717) is 26.4 Å². The zero-order chi connectivity index (χ0) is 21.0. The Balaban J connectivity index is 3.89. The third kappa shape index (κ3) is 17.5. The van der Waals surface area contributed by atoms with E-state index in [2.05, 4.69) is 52.4 Å². The normalized spacial score (nSPS) is 12.9. The van der Waals surface area contributed by atoms with E-state index in [0.717, 1.165) is 25.0 Å². The molecule has 160 valence electrons. The first kappa shape index (κ1) is 26.7. The van der Waals surface area contributed by atoms with Crippen molar-refractivity contribution in [1.82, 2.24) is 0 Å². The quantitative estimate of drug-likeness (QED) is 0.155. The molecule has 0 spiro atoms. The molecule has 0 aromatic rings. The van der Waals surface area contributed by atoms with Gasteiger partial charge in [0, 0.05) is 25.9 Å². The fourth-order valence-electron chi connectivity index (χ4n) is 2.64. The molecule has 0 aliphatic rings. The summed E-state index contributed by atoms with van der Waals surface area (Å²) >= 11 is 0. The zero-order valence-corrected chi connectivity index (χ0v) is 21.4. The van der Waals surface area contributed by atoms with Gasteiger partial charge in [-0.3, -0.25) is 0 Å². The number of carbonyl (C=O) groups excluding carboxylic acids is 1. The summed E-state index contributed by atoms with van der Waals surface area (Å²) in [5.41, 5.74) is 0. The second-order valence-corrected chi connectivity index (χ2v) is 21.5. The average molecular weight is 437 g/mol. The van der Waals surface area contributed by atoms with Crippen molar-refractivity contribution in [3.8, 4) is 0 Å². The van der Waals surface area contributed by atoms with Crippen LogP contribution in [-0.4, -0.2) is 64.2 Å². The van der Waals surface area contributed by atoms with E-state index < -0.39 is 31.2 Å². The van der Waals surface area contributed by atoms with Crippen molar-refractivity contribution >= 4 is 31.2 Å². The number of esters is 1. The SMILES string of the molecule is C=CC(=O)OCCOCCCOCCC[Si](C)(O[Si](C)(C)C)O[Si](C)(C)C. The monoisotopic (exact) mass is 436 g/mol. The lowest BCUT2D eigenvalue weighted by molar-refractivity contribution is -0.139. The highest BCUT2D eigenvalue weighted by Crippen LogP contribution is 2.25. The smallest absolute Gasteiger partial charge is 0.330 e.